The smallest absolute Gasteiger partial charge is 0.442 e. The second-order valence-corrected chi connectivity index (χ2v) is 7.02. The number of rotatable bonds is 6. The van der Waals surface area contributed by atoms with Crippen molar-refractivity contribution in [3.8, 4) is 11.4 Å². The van der Waals surface area contributed by atoms with Gasteiger partial charge in [0.2, 0.25) is 11.6 Å². The number of thioether (sulfide) groups is 1. The van der Waals surface area contributed by atoms with E-state index in [9.17, 15) is 9.59 Å². The van der Waals surface area contributed by atoms with E-state index in [1.165, 1.54) is 4.68 Å². The average Bonchev–Trinajstić information content (AvgIpc) is 3.03. The molecule has 0 radical (unpaired) electrons. The predicted molar refractivity (Wildman–Crippen MR) is 103 cm³/mol. The Bertz CT molecular complexity index is 1010. The van der Waals surface area contributed by atoms with Crippen molar-refractivity contribution in [1.29, 1.82) is 0 Å². The Balaban J connectivity index is 1.72. The number of anilines is 1. The normalized spacial score (nSPS) is 10.6. The number of ether oxygens (including phenoxy) is 1. The Morgan fingerprint density at radius 1 is 1.30 bits per heavy atom. The number of hydrogen-bond donors (Lipinski definition) is 2. The van der Waals surface area contributed by atoms with Gasteiger partial charge in [0.25, 0.3) is 0 Å². The van der Waals surface area contributed by atoms with E-state index in [-0.39, 0.29) is 16.7 Å². The molecule has 1 amide bonds. The molecule has 0 fully saturated rings. The van der Waals surface area contributed by atoms with E-state index in [4.69, 9.17) is 20.9 Å². The number of aromatic nitrogens is 2. The van der Waals surface area contributed by atoms with Gasteiger partial charge in [-0.15, -0.1) is 0 Å². The zero-order chi connectivity index (χ0) is 19.4. The van der Waals surface area contributed by atoms with E-state index < -0.39 is 5.63 Å². The van der Waals surface area contributed by atoms with Crippen LogP contribution in [0.1, 0.15) is 5.56 Å². The molecule has 9 heteroatoms. The molecule has 3 aromatic rings. The lowest BCUT2D eigenvalue weighted by molar-refractivity contribution is -0.704. The van der Waals surface area contributed by atoms with Crippen molar-refractivity contribution in [2.24, 2.45) is 0 Å². The summed E-state index contributed by atoms with van der Waals surface area (Å²) in [5.74, 6) is 0.466. The molecule has 0 unspecified atom stereocenters. The highest BCUT2D eigenvalue weighted by Gasteiger charge is 2.25. The Morgan fingerprint density at radius 3 is 2.74 bits per heavy atom. The molecule has 1 heterocycles. The Labute approximate surface area is 164 Å². The van der Waals surface area contributed by atoms with Gasteiger partial charge in [0.15, 0.2) is 0 Å². The van der Waals surface area contributed by atoms with Crippen molar-refractivity contribution in [3.05, 3.63) is 63.5 Å². The minimum absolute atomic E-state index is 0.0325. The van der Waals surface area contributed by atoms with Crippen LogP contribution in [0.4, 0.5) is 5.69 Å². The molecule has 140 valence electrons. The van der Waals surface area contributed by atoms with E-state index in [1.54, 1.807) is 43.5 Å². The van der Waals surface area contributed by atoms with E-state index in [0.717, 1.165) is 17.3 Å². The molecule has 0 bridgehead atoms. The largest absolute Gasteiger partial charge is 0.497 e. The number of methoxy groups -OCH3 is 1. The summed E-state index contributed by atoms with van der Waals surface area (Å²) in [6, 6.07) is 12.3. The minimum Gasteiger partial charge on any atom is -0.497 e. The molecule has 3 rings (SSSR count). The summed E-state index contributed by atoms with van der Waals surface area (Å²) in [5.41, 5.74) is 1.65. The van der Waals surface area contributed by atoms with E-state index in [0.29, 0.717) is 22.1 Å². The van der Waals surface area contributed by atoms with Gasteiger partial charge in [0.1, 0.15) is 5.75 Å². The monoisotopic (exact) mass is 406 g/mol. The van der Waals surface area contributed by atoms with E-state index in [2.05, 4.69) is 10.6 Å². The van der Waals surface area contributed by atoms with Crippen LogP contribution >= 0.6 is 23.4 Å². The molecule has 27 heavy (non-hydrogen) atoms. The number of carbonyl (C=O) groups is 1. The number of carbonyl (C=O) groups excluding carboxylic acids is 1. The summed E-state index contributed by atoms with van der Waals surface area (Å²) in [5, 5.41) is 6.13. The number of nitrogens with one attached hydrogen (secondary N) is 2. The van der Waals surface area contributed by atoms with Crippen molar-refractivity contribution in [1.82, 2.24) is 5.27 Å². The molecule has 0 aliphatic heterocycles. The van der Waals surface area contributed by atoms with Gasteiger partial charge in [-0.1, -0.05) is 17.7 Å². The lowest BCUT2D eigenvalue weighted by Crippen LogP contribution is -2.36. The number of H-pyrrole nitrogens is 1. The van der Waals surface area contributed by atoms with Gasteiger partial charge in [-0.2, -0.15) is 0 Å². The number of amides is 1. The molecule has 0 aliphatic carbocycles. The van der Waals surface area contributed by atoms with Crippen molar-refractivity contribution in [2.45, 2.75) is 11.9 Å². The maximum atomic E-state index is 12.3. The van der Waals surface area contributed by atoms with Gasteiger partial charge in [-0.25, -0.2) is 4.79 Å². The number of aromatic amines is 1. The highest BCUT2D eigenvalue weighted by molar-refractivity contribution is 7.99. The fourth-order valence-corrected chi connectivity index (χ4v) is 3.28. The van der Waals surface area contributed by atoms with Crippen molar-refractivity contribution in [3.63, 3.8) is 0 Å². The number of halogens is 1. The first-order valence-electron chi connectivity index (χ1n) is 7.94. The lowest BCUT2D eigenvalue weighted by Gasteiger charge is -2.07. The summed E-state index contributed by atoms with van der Waals surface area (Å²) in [6.07, 6.45) is 0. The number of benzene rings is 2. The molecule has 2 aromatic carbocycles. The van der Waals surface area contributed by atoms with Crippen LogP contribution in [0.15, 0.2) is 56.8 Å². The quantitative estimate of drug-likeness (QED) is 0.485. The summed E-state index contributed by atoms with van der Waals surface area (Å²) in [6.45, 7) is 1.87. The van der Waals surface area contributed by atoms with Crippen LogP contribution in [-0.4, -0.2) is 24.0 Å². The molecular formula is C18H17ClN3O4S+. The maximum Gasteiger partial charge on any atom is 0.442 e. The molecule has 0 spiro atoms. The standard InChI is InChI=1S/C18H16ClN3O4S/c1-11-3-4-12(19)9-15(11)20-16(23)10-27-17-18(24)26-21-22(17)13-5-7-14(25-2)8-6-13/h3-9H,10H2,1-2H3,(H-,20,21,23,24)/p+1. The predicted octanol–water partition coefficient (Wildman–Crippen LogP) is 2.95. The van der Waals surface area contributed by atoms with Crippen LogP contribution in [-0.2, 0) is 4.79 Å². The van der Waals surface area contributed by atoms with Gasteiger partial charge in [-0.05, 0) is 58.5 Å². The minimum atomic E-state index is -0.553. The second-order valence-electron chi connectivity index (χ2n) is 5.62. The van der Waals surface area contributed by atoms with Gasteiger partial charge < -0.3 is 10.1 Å². The SMILES string of the molecule is COc1ccc(-[n+]2[nH]oc(=O)c2SCC(=O)Nc2cc(Cl)ccc2C)cc1. The first-order valence-corrected chi connectivity index (χ1v) is 9.31. The molecule has 0 saturated carbocycles. The summed E-state index contributed by atoms with van der Waals surface area (Å²) < 4.78 is 11.5. The fraction of sp³-hybridized carbons (Fsp3) is 0.167. The zero-order valence-corrected chi connectivity index (χ0v) is 16.2. The van der Waals surface area contributed by atoms with Crippen LogP contribution in [0.2, 0.25) is 5.02 Å². The molecule has 7 nitrogen and oxygen atoms in total. The topological polar surface area (TPSA) is 88.2 Å². The van der Waals surface area contributed by atoms with E-state index >= 15 is 0 Å². The van der Waals surface area contributed by atoms with Crippen molar-refractivity contribution < 1.29 is 18.7 Å². The van der Waals surface area contributed by atoms with E-state index in [1.807, 2.05) is 13.0 Å². The summed E-state index contributed by atoms with van der Waals surface area (Å²) >= 11 is 7.03. The third kappa shape index (κ3) is 4.53. The van der Waals surface area contributed by atoms with Crippen LogP contribution in [0, 0.1) is 6.92 Å². The van der Waals surface area contributed by atoms with Gasteiger partial charge in [0, 0.05) is 22.8 Å². The molecule has 0 saturated heterocycles. The van der Waals surface area contributed by atoms with Crippen molar-refractivity contribution >= 4 is 35.0 Å². The lowest BCUT2D eigenvalue weighted by atomic mass is 10.2. The first-order chi connectivity index (χ1) is 13.0. The Hall–Kier alpha value is -2.71. The summed E-state index contributed by atoms with van der Waals surface area (Å²) in [4.78, 5) is 24.3. The maximum absolute atomic E-state index is 12.3. The molecule has 0 aliphatic rings. The first kappa shape index (κ1) is 19.1. The van der Waals surface area contributed by atoms with Crippen LogP contribution in [0.5, 0.6) is 5.75 Å². The summed E-state index contributed by atoms with van der Waals surface area (Å²) in [7, 11) is 1.57. The van der Waals surface area contributed by atoms with Gasteiger partial charge in [-0.3, -0.25) is 9.32 Å². The molecule has 2 N–H and O–H groups in total. The molecule has 0 atom stereocenters. The van der Waals surface area contributed by atoms with Crippen LogP contribution in [0.25, 0.3) is 5.69 Å². The Kier molecular flexibility index (Phi) is 5.88. The number of hydrogen-bond acceptors (Lipinski definition) is 5. The Morgan fingerprint density at radius 2 is 2.04 bits per heavy atom. The fourth-order valence-electron chi connectivity index (χ4n) is 2.34. The van der Waals surface area contributed by atoms with Gasteiger partial charge in [0.05, 0.1) is 12.9 Å². The highest BCUT2D eigenvalue weighted by Crippen LogP contribution is 2.21. The molecule has 1 aromatic heterocycles. The average molecular weight is 407 g/mol. The second kappa shape index (κ2) is 8.32. The van der Waals surface area contributed by atoms with Crippen LogP contribution < -0.4 is 20.4 Å². The van der Waals surface area contributed by atoms with Crippen molar-refractivity contribution in [2.75, 3.05) is 18.2 Å². The highest BCUT2D eigenvalue weighted by atomic mass is 35.5. The zero-order valence-electron chi connectivity index (χ0n) is 14.6. The third-order valence-corrected chi connectivity index (χ3v) is 5.02. The number of aryl methyl sites for hydroxylation is 1. The van der Waals surface area contributed by atoms with Crippen LogP contribution in [0.3, 0.4) is 0 Å². The third-order valence-electron chi connectivity index (χ3n) is 3.75. The number of nitrogens with zero attached hydrogens (tertiary/aromatic N) is 1. The van der Waals surface area contributed by atoms with Gasteiger partial charge >= 0.3 is 10.7 Å². The molecular weight excluding hydrogens is 390 g/mol.